The van der Waals surface area contributed by atoms with E-state index in [2.05, 4.69) is 11.9 Å². The number of ether oxygens (including phenoxy) is 5. The van der Waals surface area contributed by atoms with Crippen molar-refractivity contribution in [2.24, 2.45) is 0 Å². The maximum Gasteiger partial charge on any atom is 0.253 e. The smallest absolute Gasteiger partial charge is 0.253 e. The van der Waals surface area contributed by atoms with E-state index < -0.39 is 29.6 Å². The van der Waals surface area contributed by atoms with Gasteiger partial charge in [-0.2, -0.15) is 0 Å². The maximum atomic E-state index is 12.1. The van der Waals surface area contributed by atoms with Gasteiger partial charge in [-0.25, -0.2) is 0 Å². The summed E-state index contributed by atoms with van der Waals surface area (Å²) in [5.74, 6) is 1.56. The van der Waals surface area contributed by atoms with Gasteiger partial charge in [0.05, 0.1) is 27.4 Å². The number of nitrogens with one attached hydrogen (secondary N) is 1. The van der Waals surface area contributed by atoms with Crippen LogP contribution in [0.15, 0.2) is 103 Å². The van der Waals surface area contributed by atoms with Gasteiger partial charge in [0.1, 0.15) is 40.7 Å². The van der Waals surface area contributed by atoms with Crippen LogP contribution in [0.25, 0.3) is 0 Å². The summed E-state index contributed by atoms with van der Waals surface area (Å²) in [6, 6.07) is 25.4. The molecule has 0 aliphatic carbocycles. The van der Waals surface area contributed by atoms with Crippen LogP contribution in [0.2, 0.25) is 0 Å². The lowest BCUT2D eigenvalue weighted by molar-refractivity contribution is -0.208. The van der Waals surface area contributed by atoms with E-state index in [9.17, 15) is 9.90 Å². The van der Waals surface area contributed by atoms with Crippen LogP contribution in [0.1, 0.15) is 23.6 Å². The Morgan fingerprint density at radius 3 is 2.12 bits per heavy atom. The molecule has 6 rings (SSSR count). The quantitative estimate of drug-likeness (QED) is 0.376. The Morgan fingerprint density at radius 1 is 0.976 bits per heavy atom. The van der Waals surface area contributed by atoms with E-state index in [1.165, 1.54) is 0 Å². The Hall–Kier alpha value is -4.15. The van der Waals surface area contributed by atoms with Crippen LogP contribution in [0.4, 0.5) is 0 Å². The Morgan fingerprint density at radius 2 is 1.55 bits per heavy atom. The first-order valence-corrected chi connectivity index (χ1v) is 13.7. The number of hydrogen-bond donors (Lipinski definition) is 2. The van der Waals surface area contributed by atoms with Gasteiger partial charge in [0, 0.05) is 11.8 Å². The SMILES string of the molecule is C=C1NC(=O)C(C)=CN1[C@@H]1O[C@@]2(COC(c3ccccc3)(c3ccc(OC)cc3)c3ccc(OC)cc3)CO[C@@H]1[C@@H]2O. The minimum Gasteiger partial charge on any atom is -0.497 e. The van der Waals surface area contributed by atoms with Crippen molar-refractivity contribution in [2.45, 2.75) is 36.6 Å². The molecule has 0 radical (unpaired) electrons. The predicted molar refractivity (Wildman–Crippen MR) is 154 cm³/mol. The molecule has 2 fully saturated rings. The molecule has 3 aromatic carbocycles. The number of methoxy groups -OCH3 is 2. The maximum absolute atomic E-state index is 12.1. The van der Waals surface area contributed by atoms with Gasteiger partial charge in [0.2, 0.25) is 0 Å². The van der Waals surface area contributed by atoms with E-state index in [1.54, 1.807) is 32.2 Å². The van der Waals surface area contributed by atoms with Crippen LogP contribution in [0.3, 0.4) is 0 Å². The molecule has 9 nitrogen and oxygen atoms in total. The Labute approximate surface area is 244 Å². The van der Waals surface area contributed by atoms with Gasteiger partial charge in [-0.15, -0.1) is 0 Å². The molecular weight excluding hydrogens is 536 g/mol. The zero-order valence-electron chi connectivity index (χ0n) is 23.8. The molecule has 0 unspecified atom stereocenters. The molecule has 0 aromatic heterocycles. The zero-order chi connectivity index (χ0) is 29.5. The average Bonchev–Trinajstić information content (AvgIpc) is 3.49. The highest BCUT2D eigenvalue weighted by atomic mass is 16.7. The number of amides is 1. The number of carbonyl (C=O) groups is 1. The van der Waals surface area contributed by atoms with E-state index in [1.807, 2.05) is 78.9 Å². The third kappa shape index (κ3) is 4.55. The first-order valence-electron chi connectivity index (χ1n) is 13.7. The molecule has 3 aliphatic rings. The minimum absolute atomic E-state index is 0.00346. The topological polar surface area (TPSA) is 98.7 Å². The number of fused-ring (bicyclic) bond motifs is 2. The van der Waals surface area contributed by atoms with Gasteiger partial charge in [-0.1, -0.05) is 61.2 Å². The van der Waals surface area contributed by atoms with Crippen molar-refractivity contribution < 1.29 is 33.6 Å². The van der Waals surface area contributed by atoms with Crippen LogP contribution in [-0.2, 0) is 24.6 Å². The van der Waals surface area contributed by atoms with Crippen molar-refractivity contribution in [1.29, 1.82) is 0 Å². The van der Waals surface area contributed by atoms with Crippen LogP contribution < -0.4 is 14.8 Å². The molecule has 0 spiro atoms. The number of rotatable bonds is 9. The fourth-order valence-corrected chi connectivity index (χ4v) is 5.91. The molecule has 3 aromatic rings. The molecule has 3 heterocycles. The van der Waals surface area contributed by atoms with Gasteiger partial charge in [0.15, 0.2) is 6.23 Å². The highest BCUT2D eigenvalue weighted by Crippen LogP contribution is 2.47. The molecule has 218 valence electrons. The van der Waals surface area contributed by atoms with Crippen molar-refractivity contribution in [3.05, 3.63) is 120 Å². The van der Waals surface area contributed by atoms with Crippen molar-refractivity contribution in [3.63, 3.8) is 0 Å². The number of carbonyl (C=O) groups excluding carboxylic acids is 1. The summed E-state index contributed by atoms with van der Waals surface area (Å²) in [4.78, 5) is 13.8. The molecule has 2 N–H and O–H groups in total. The van der Waals surface area contributed by atoms with Crippen LogP contribution in [-0.4, -0.2) is 67.4 Å². The summed E-state index contributed by atoms with van der Waals surface area (Å²) in [7, 11) is 3.26. The predicted octanol–water partition coefficient (Wildman–Crippen LogP) is 3.67. The fourth-order valence-electron chi connectivity index (χ4n) is 5.91. The molecule has 1 amide bonds. The summed E-state index contributed by atoms with van der Waals surface area (Å²) >= 11 is 0. The fraction of sp³-hybridized carbons (Fsp3) is 0.303. The lowest BCUT2D eigenvalue weighted by Gasteiger charge is -2.41. The number of aliphatic hydroxyl groups is 1. The number of nitrogens with zero attached hydrogens (tertiary/aromatic N) is 1. The second-order valence-corrected chi connectivity index (χ2v) is 10.7. The Kier molecular flexibility index (Phi) is 7.28. The second-order valence-electron chi connectivity index (χ2n) is 10.7. The Bertz CT molecular complexity index is 1440. The van der Waals surface area contributed by atoms with E-state index in [4.69, 9.17) is 23.7 Å². The third-order valence-electron chi connectivity index (χ3n) is 8.25. The molecular formula is C33H34N2O7. The monoisotopic (exact) mass is 570 g/mol. The Balaban J connectivity index is 1.41. The van der Waals surface area contributed by atoms with Crippen molar-refractivity contribution in [2.75, 3.05) is 27.4 Å². The number of benzene rings is 3. The standard InChI is InChI=1S/C33H34N2O7/c1-21-18-35(22(2)34-30(21)37)31-28-29(36)32(42-31,19-40-28)20-41-33(23-8-6-5-7-9-23,24-10-14-26(38-3)15-11-24)25-12-16-27(39-4)17-13-25/h5-18,28-29,31,36H,2,19-20H2,1,3-4H3,(H,34,37)/t28-,29+,31-,32-/m1/s1. The van der Waals surface area contributed by atoms with Crippen molar-refractivity contribution in [3.8, 4) is 11.5 Å². The molecule has 2 bridgehead atoms. The lowest BCUT2D eigenvalue weighted by atomic mass is 9.79. The van der Waals surface area contributed by atoms with Gasteiger partial charge in [0.25, 0.3) is 5.91 Å². The zero-order valence-corrected chi connectivity index (χ0v) is 23.8. The first-order chi connectivity index (χ1) is 20.3. The molecule has 3 aliphatic heterocycles. The van der Waals surface area contributed by atoms with E-state index in [0.29, 0.717) is 11.4 Å². The summed E-state index contributed by atoms with van der Waals surface area (Å²) in [5.41, 5.74) is 0.852. The number of aliphatic hydroxyl groups excluding tert-OH is 1. The molecule has 2 saturated heterocycles. The van der Waals surface area contributed by atoms with Crippen LogP contribution in [0, 0.1) is 0 Å². The van der Waals surface area contributed by atoms with Gasteiger partial charge in [-0.3, -0.25) is 4.79 Å². The van der Waals surface area contributed by atoms with Crippen molar-refractivity contribution in [1.82, 2.24) is 10.2 Å². The van der Waals surface area contributed by atoms with Crippen LogP contribution in [0.5, 0.6) is 11.5 Å². The summed E-state index contributed by atoms with van der Waals surface area (Å²) < 4.78 is 30.6. The van der Waals surface area contributed by atoms with E-state index in [0.717, 1.165) is 28.2 Å². The summed E-state index contributed by atoms with van der Waals surface area (Å²) in [5, 5.41) is 14.2. The van der Waals surface area contributed by atoms with E-state index in [-0.39, 0.29) is 19.1 Å². The lowest BCUT2D eigenvalue weighted by Crippen LogP contribution is -2.51. The van der Waals surface area contributed by atoms with Crippen LogP contribution >= 0.6 is 0 Å². The second kappa shape index (κ2) is 10.9. The van der Waals surface area contributed by atoms with E-state index >= 15 is 0 Å². The number of hydrogen-bond acceptors (Lipinski definition) is 8. The molecule has 4 atom stereocenters. The highest BCUT2D eigenvalue weighted by Gasteiger charge is 2.63. The third-order valence-corrected chi connectivity index (χ3v) is 8.25. The normalized spacial score (nSPS) is 25.3. The molecule has 0 saturated carbocycles. The van der Waals surface area contributed by atoms with Gasteiger partial charge < -0.3 is 39.0 Å². The summed E-state index contributed by atoms with van der Waals surface area (Å²) in [6.07, 6.45) is -0.687. The molecule has 9 heteroatoms. The van der Waals surface area contributed by atoms with Crippen molar-refractivity contribution >= 4 is 5.91 Å². The first kappa shape index (κ1) is 28.0. The minimum atomic E-state index is -1.17. The molecule has 42 heavy (non-hydrogen) atoms. The highest BCUT2D eigenvalue weighted by molar-refractivity contribution is 5.94. The van der Waals surface area contributed by atoms with Gasteiger partial charge >= 0.3 is 0 Å². The van der Waals surface area contributed by atoms with Gasteiger partial charge in [-0.05, 0) is 47.9 Å². The largest absolute Gasteiger partial charge is 0.497 e. The summed E-state index contributed by atoms with van der Waals surface area (Å²) in [6.45, 7) is 5.82. The average molecular weight is 571 g/mol.